The quantitative estimate of drug-likeness (QED) is 0.575. The van der Waals surface area contributed by atoms with Crippen LogP contribution in [0.25, 0.3) is 0 Å². The van der Waals surface area contributed by atoms with Crippen molar-refractivity contribution in [1.82, 2.24) is 10.6 Å². The van der Waals surface area contributed by atoms with Crippen LogP contribution in [0.4, 0.5) is 0 Å². The highest BCUT2D eigenvalue weighted by molar-refractivity contribution is 7.80. The van der Waals surface area contributed by atoms with Crippen molar-refractivity contribution in [3.63, 3.8) is 0 Å². The standard InChI is InChI=1S/C14H22N2S/c1-2-3-7-11-15-14(17)16-12-10-13-8-5-4-6-9-13/h4-6,8-9H,2-3,7,10-12H2,1H3,(H2,15,16,17). The van der Waals surface area contributed by atoms with Gasteiger partial charge in [-0.15, -0.1) is 0 Å². The van der Waals surface area contributed by atoms with E-state index in [1.165, 1.54) is 24.8 Å². The summed E-state index contributed by atoms with van der Waals surface area (Å²) in [5.74, 6) is 0. The Kier molecular flexibility index (Phi) is 7.39. The summed E-state index contributed by atoms with van der Waals surface area (Å²) in [6, 6.07) is 10.4. The van der Waals surface area contributed by atoms with Crippen LogP contribution in [0.3, 0.4) is 0 Å². The minimum absolute atomic E-state index is 0.775. The van der Waals surface area contributed by atoms with E-state index in [4.69, 9.17) is 12.2 Å². The molecular weight excluding hydrogens is 228 g/mol. The number of nitrogens with one attached hydrogen (secondary N) is 2. The Hall–Kier alpha value is -1.09. The van der Waals surface area contributed by atoms with Crippen molar-refractivity contribution < 1.29 is 0 Å². The summed E-state index contributed by atoms with van der Waals surface area (Å²) in [5.41, 5.74) is 1.34. The van der Waals surface area contributed by atoms with E-state index in [2.05, 4.69) is 41.8 Å². The average Bonchev–Trinajstić information content (AvgIpc) is 2.36. The van der Waals surface area contributed by atoms with Gasteiger partial charge < -0.3 is 10.6 Å². The fourth-order valence-corrected chi connectivity index (χ4v) is 1.81. The molecule has 0 atom stereocenters. The van der Waals surface area contributed by atoms with Crippen molar-refractivity contribution in [2.45, 2.75) is 32.6 Å². The van der Waals surface area contributed by atoms with Gasteiger partial charge in [0.1, 0.15) is 0 Å². The maximum absolute atomic E-state index is 5.20. The Labute approximate surface area is 110 Å². The Morgan fingerprint density at radius 2 is 1.76 bits per heavy atom. The van der Waals surface area contributed by atoms with Gasteiger partial charge in [-0.2, -0.15) is 0 Å². The molecule has 0 heterocycles. The lowest BCUT2D eigenvalue weighted by molar-refractivity contribution is 0.688. The molecule has 2 N–H and O–H groups in total. The fraction of sp³-hybridized carbons (Fsp3) is 0.500. The number of thiocarbonyl (C=S) groups is 1. The van der Waals surface area contributed by atoms with Crippen LogP contribution >= 0.6 is 12.2 Å². The summed E-state index contributed by atoms with van der Waals surface area (Å²) in [6.07, 6.45) is 4.71. The van der Waals surface area contributed by atoms with Gasteiger partial charge in [0.25, 0.3) is 0 Å². The van der Waals surface area contributed by atoms with Crippen LogP contribution in [-0.2, 0) is 6.42 Å². The van der Waals surface area contributed by atoms with E-state index in [1.54, 1.807) is 0 Å². The predicted octanol–water partition coefficient (Wildman–Crippen LogP) is 2.88. The molecule has 0 bridgehead atoms. The molecule has 0 radical (unpaired) electrons. The van der Waals surface area contributed by atoms with Crippen molar-refractivity contribution in [3.05, 3.63) is 35.9 Å². The van der Waals surface area contributed by atoms with Crippen LogP contribution in [0.1, 0.15) is 31.7 Å². The van der Waals surface area contributed by atoms with Gasteiger partial charge in [0.15, 0.2) is 5.11 Å². The van der Waals surface area contributed by atoms with Crippen LogP contribution in [0.15, 0.2) is 30.3 Å². The molecule has 0 aliphatic carbocycles. The third kappa shape index (κ3) is 6.95. The smallest absolute Gasteiger partial charge is 0.166 e. The van der Waals surface area contributed by atoms with Crippen molar-refractivity contribution in [3.8, 4) is 0 Å². The predicted molar refractivity (Wildman–Crippen MR) is 78.3 cm³/mol. The molecule has 0 unspecified atom stereocenters. The molecule has 0 amide bonds. The number of hydrogen-bond acceptors (Lipinski definition) is 1. The first-order valence-electron chi connectivity index (χ1n) is 6.38. The first kappa shape index (κ1) is 14.0. The van der Waals surface area contributed by atoms with Crippen LogP contribution in [0.5, 0.6) is 0 Å². The molecule has 0 aromatic heterocycles. The Morgan fingerprint density at radius 3 is 2.47 bits per heavy atom. The zero-order valence-electron chi connectivity index (χ0n) is 10.5. The van der Waals surface area contributed by atoms with E-state index in [9.17, 15) is 0 Å². The summed E-state index contributed by atoms with van der Waals surface area (Å²) < 4.78 is 0. The minimum Gasteiger partial charge on any atom is -0.363 e. The Morgan fingerprint density at radius 1 is 1.06 bits per heavy atom. The molecule has 94 valence electrons. The molecule has 0 saturated carbocycles. The molecule has 0 aliphatic rings. The molecule has 1 rings (SSSR count). The topological polar surface area (TPSA) is 24.1 Å². The highest BCUT2D eigenvalue weighted by Gasteiger charge is 1.95. The van der Waals surface area contributed by atoms with Crippen LogP contribution in [0.2, 0.25) is 0 Å². The highest BCUT2D eigenvalue weighted by atomic mass is 32.1. The number of benzene rings is 1. The van der Waals surface area contributed by atoms with E-state index in [0.29, 0.717) is 0 Å². The number of hydrogen-bond donors (Lipinski definition) is 2. The largest absolute Gasteiger partial charge is 0.363 e. The molecule has 0 fully saturated rings. The zero-order chi connectivity index (χ0) is 12.3. The van der Waals surface area contributed by atoms with Crippen molar-refractivity contribution in [2.24, 2.45) is 0 Å². The van der Waals surface area contributed by atoms with Crippen LogP contribution < -0.4 is 10.6 Å². The van der Waals surface area contributed by atoms with Crippen molar-refractivity contribution in [1.29, 1.82) is 0 Å². The Balaban J connectivity index is 2.04. The number of unbranched alkanes of at least 4 members (excludes halogenated alkanes) is 2. The molecule has 1 aromatic rings. The van der Waals surface area contributed by atoms with Crippen LogP contribution in [0, 0.1) is 0 Å². The lowest BCUT2D eigenvalue weighted by atomic mass is 10.1. The van der Waals surface area contributed by atoms with E-state index >= 15 is 0 Å². The normalized spacial score (nSPS) is 9.94. The van der Waals surface area contributed by atoms with E-state index in [0.717, 1.165) is 24.6 Å². The summed E-state index contributed by atoms with van der Waals surface area (Å²) >= 11 is 5.20. The zero-order valence-corrected chi connectivity index (χ0v) is 11.4. The van der Waals surface area contributed by atoms with Gasteiger partial charge in [-0.05, 0) is 30.6 Å². The van der Waals surface area contributed by atoms with Gasteiger partial charge in [0.05, 0.1) is 0 Å². The first-order chi connectivity index (χ1) is 8.33. The second-order valence-corrected chi connectivity index (χ2v) is 4.53. The van der Waals surface area contributed by atoms with Gasteiger partial charge in [-0.25, -0.2) is 0 Å². The second kappa shape index (κ2) is 8.99. The maximum atomic E-state index is 5.20. The highest BCUT2D eigenvalue weighted by Crippen LogP contribution is 1.98. The van der Waals surface area contributed by atoms with Crippen molar-refractivity contribution >= 4 is 17.3 Å². The maximum Gasteiger partial charge on any atom is 0.166 e. The van der Waals surface area contributed by atoms with Gasteiger partial charge in [-0.3, -0.25) is 0 Å². The average molecular weight is 250 g/mol. The molecule has 2 nitrogen and oxygen atoms in total. The summed E-state index contributed by atoms with van der Waals surface area (Å²) in [4.78, 5) is 0. The minimum atomic E-state index is 0.775. The third-order valence-corrected chi connectivity index (χ3v) is 2.90. The lowest BCUT2D eigenvalue weighted by Gasteiger charge is -2.10. The first-order valence-corrected chi connectivity index (χ1v) is 6.79. The molecule has 1 aromatic carbocycles. The van der Waals surface area contributed by atoms with Gasteiger partial charge in [-0.1, -0.05) is 50.1 Å². The fourth-order valence-electron chi connectivity index (χ4n) is 1.60. The lowest BCUT2D eigenvalue weighted by Crippen LogP contribution is -2.36. The van der Waals surface area contributed by atoms with E-state index < -0.39 is 0 Å². The monoisotopic (exact) mass is 250 g/mol. The number of rotatable bonds is 7. The third-order valence-electron chi connectivity index (χ3n) is 2.61. The van der Waals surface area contributed by atoms with Gasteiger partial charge in [0, 0.05) is 13.1 Å². The molecule has 0 aliphatic heterocycles. The summed E-state index contributed by atoms with van der Waals surface area (Å²) in [5, 5.41) is 7.23. The van der Waals surface area contributed by atoms with Gasteiger partial charge in [0.2, 0.25) is 0 Å². The second-order valence-electron chi connectivity index (χ2n) is 4.13. The molecule has 17 heavy (non-hydrogen) atoms. The molecule has 0 saturated heterocycles. The van der Waals surface area contributed by atoms with E-state index in [1.807, 2.05) is 6.07 Å². The Bertz CT molecular complexity index is 311. The van der Waals surface area contributed by atoms with Crippen LogP contribution in [-0.4, -0.2) is 18.2 Å². The molecular formula is C14H22N2S. The molecule has 0 spiro atoms. The van der Waals surface area contributed by atoms with Crippen molar-refractivity contribution in [2.75, 3.05) is 13.1 Å². The summed E-state index contributed by atoms with van der Waals surface area (Å²) in [6.45, 7) is 4.07. The van der Waals surface area contributed by atoms with Gasteiger partial charge >= 0.3 is 0 Å². The van der Waals surface area contributed by atoms with E-state index in [-0.39, 0.29) is 0 Å². The summed E-state index contributed by atoms with van der Waals surface area (Å²) in [7, 11) is 0. The molecule has 3 heteroatoms. The SMILES string of the molecule is CCCCCNC(=S)NCCc1ccccc1.